The van der Waals surface area contributed by atoms with E-state index in [9.17, 15) is 19.8 Å². The monoisotopic (exact) mass is 411 g/mol. The number of aromatic hydroxyl groups is 1. The maximum Gasteiger partial charge on any atom is 0.295 e. The molecule has 0 aromatic heterocycles. The number of carbonyl (C=O) groups is 2. The van der Waals surface area contributed by atoms with Crippen molar-refractivity contribution in [3.63, 3.8) is 0 Å². The zero-order valence-electron chi connectivity index (χ0n) is 17.2. The predicted octanol–water partition coefficient (Wildman–Crippen LogP) is 3.25. The molecule has 1 aliphatic heterocycles. The van der Waals surface area contributed by atoms with E-state index in [0.717, 1.165) is 0 Å². The van der Waals surface area contributed by atoms with Gasteiger partial charge in [0.1, 0.15) is 17.3 Å². The van der Waals surface area contributed by atoms with Gasteiger partial charge in [0.25, 0.3) is 11.7 Å². The van der Waals surface area contributed by atoms with Crippen LogP contribution in [0, 0.1) is 0 Å². The van der Waals surface area contributed by atoms with Crippen molar-refractivity contribution in [2.45, 2.75) is 26.0 Å². The summed E-state index contributed by atoms with van der Waals surface area (Å²) in [7, 11) is 1.50. The number of Topliss-reactive ketones (excluding diaryl/α,β-unsaturated/α-hetero) is 1. The minimum absolute atomic E-state index is 0.0000152. The largest absolute Gasteiger partial charge is 0.508 e. The van der Waals surface area contributed by atoms with Crippen molar-refractivity contribution in [1.29, 1.82) is 0 Å². The highest BCUT2D eigenvalue weighted by Gasteiger charge is 2.45. The molecule has 0 spiro atoms. The molecule has 1 unspecified atom stereocenters. The molecule has 0 saturated carbocycles. The lowest BCUT2D eigenvalue weighted by Crippen LogP contribution is -2.32. The molecule has 1 saturated heterocycles. The van der Waals surface area contributed by atoms with Gasteiger partial charge in [-0.2, -0.15) is 0 Å². The van der Waals surface area contributed by atoms with Gasteiger partial charge in [0.05, 0.1) is 24.3 Å². The number of hydrogen-bond acceptors (Lipinski definition) is 6. The van der Waals surface area contributed by atoms with Crippen molar-refractivity contribution in [3.8, 4) is 11.5 Å². The lowest BCUT2D eigenvalue weighted by Gasteiger charge is -2.25. The molecule has 1 heterocycles. The Morgan fingerprint density at radius 2 is 1.83 bits per heavy atom. The molecule has 30 heavy (non-hydrogen) atoms. The number of likely N-dealkylation sites (tertiary alicyclic amines) is 1. The van der Waals surface area contributed by atoms with Crippen molar-refractivity contribution in [3.05, 3.63) is 65.2 Å². The molecule has 1 amide bonds. The van der Waals surface area contributed by atoms with Crippen molar-refractivity contribution in [2.75, 3.05) is 20.3 Å². The van der Waals surface area contributed by atoms with E-state index in [1.165, 1.54) is 24.1 Å². The second-order valence-electron chi connectivity index (χ2n) is 7.27. The molecule has 158 valence electrons. The Kier molecular flexibility index (Phi) is 6.42. The van der Waals surface area contributed by atoms with Gasteiger partial charge in [-0.1, -0.05) is 12.1 Å². The van der Waals surface area contributed by atoms with E-state index in [1.807, 2.05) is 13.8 Å². The number of nitrogens with zero attached hydrogens (tertiary/aromatic N) is 1. The summed E-state index contributed by atoms with van der Waals surface area (Å²) < 4.78 is 10.7. The van der Waals surface area contributed by atoms with E-state index in [2.05, 4.69) is 0 Å². The third-order valence-corrected chi connectivity index (χ3v) is 4.76. The Morgan fingerprint density at radius 1 is 1.13 bits per heavy atom. The number of aliphatic hydroxyl groups excluding tert-OH is 1. The third kappa shape index (κ3) is 4.31. The Balaban J connectivity index is 2.08. The minimum Gasteiger partial charge on any atom is -0.508 e. The maximum atomic E-state index is 12.8. The van der Waals surface area contributed by atoms with E-state index in [-0.39, 0.29) is 36.3 Å². The second-order valence-corrected chi connectivity index (χ2v) is 7.27. The first-order chi connectivity index (χ1) is 14.3. The number of ketones is 1. The van der Waals surface area contributed by atoms with E-state index >= 15 is 0 Å². The predicted molar refractivity (Wildman–Crippen MR) is 111 cm³/mol. The van der Waals surface area contributed by atoms with Crippen LogP contribution < -0.4 is 4.74 Å². The first-order valence-electron chi connectivity index (χ1n) is 9.67. The van der Waals surface area contributed by atoms with Gasteiger partial charge < -0.3 is 24.6 Å². The average Bonchev–Trinajstić information content (AvgIpc) is 2.96. The zero-order chi connectivity index (χ0) is 21.8. The van der Waals surface area contributed by atoms with Crippen molar-refractivity contribution < 1.29 is 29.3 Å². The van der Waals surface area contributed by atoms with E-state index in [0.29, 0.717) is 16.9 Å². The Bertz CT molecular complexity index is 964. The van der Waals surface area contributed by atoms with Crippen molar-refractivity contribution in [1.82, 2.24) is 4.90 Å². The second kappa shape index (κ2) is 9.00. The molecule has 0 bridgehead atoms. The van der Waals surface area contributed by atoms with Crippen LogP contribution >= 0.6 is 0 Å². The zero-order valence-corrected chi connectivity index (χ0v) is 17.2. The lowest BCUT2D eigenvalue weighted by molar-refractivity contribution is -0.140. The van der Waals surface area contributed by atoms with Gasteiger partial charge in [-0.05, 0) is 55.8 Å². The normalized spacial score (nSPS) is 18.3. The molecule has 0 aliphatic carbocycles. The standard InChI is InChI=1S/C23H25NO6/c1-14(2)30-18-9-7-15(8-10-18)21(26)19-20(16-5-4-6-17(25)13-16)24(11-12-29-3)23(28)22(19)27/h4-10,13-14,20,25-26H,11-12H2,1-3H3/b21-19-. The fourth-order valence-electron chi connectivity index (χ4n) is 3.46. The molecule has 1 fully saturated rings. The molecule has 7 heteroatoms. The topological polar surface area (TPSA) is 96.3 Å². The van der Waals surface area contributed by atoms with Crippen LogP contribution in [0.1, 0.15) is 31.0 Å². The molecular formula is C23H25NO6. The maximum absolute atomic E-state index is 12.8. The summed E-state index contributed by atoms with van der Waals surface area (Å²) in [6, 6.07) is 12.1. The van der Waals surface area contributed by atoms with E-state index in [4.69, 9.17) is 9.47 Å². The van der Waals surface area contributed by atoms with Crippen LogP contribution in [0.15, 0.2) is 54.1 Å². The quantitative estimate of drug-likeness (QED) is 0.413. The van der Waals surface area contributed by atoms with Gasteiger partial charge in [-0.15, -0.1) is 0 Å². The van der Waals surface area contributed by atoms with Crippen LogP contribution in [0.3, 0.4) is 0 Å². The van der Waals surface area contributed by atoms with Crippen LogP contribution in [-0.4, -0.2) is 53.2 Å². The lowest BCUT2D eigenvalue weighted by atomic mass is 9.95. The summed E-state index contributed by atoms with van der Waals surface area (Å²) in [6.45, 7) is 4.21. The summed E-state index contributed by atoms with van der Waals surface area (Å²) >= 11 is 0. The Morgan fingerprint density at radius 3 is 2.43 bits per heavy atom. The van der Waals surface area contributed by atoms with Crippen molar-refractivity contribution >= 4 is 17.4 Å². The SMILES string of the molecule is COCCN1C(=O)C(=O)/C(=C(\O)c2ccc(OC(C)C)cc2)C1c1cccc(O)c1. The third-order valence-electron chi connectivity index (χ3n) is 4.76. The number of aliphatic hydroxyl groups is 1. The molecule has 2 aromatic carbocycles. The highest BCUT2D eigenvalue weighted by molar-refractivity contribution is 6.46. The number of methoxy groups -OCH3 is 1. The molecule has 0 radical (unpaired) electrons. The first kappa shape index (κ1) is 21.4. The molecular weight excluding hydrogens is 386 g/mol. The van der Waals surface area contributed by atoms with Gasteiger partial charge in [-0.3, -0.25) is 9.59 Å². The van der Waals surface area contributed by atoms with Gasteiger partial charge in [0.2, 0.25) is 0 Å². The molecule has 3 rings (SSSR count). The summed E-state index contributed by atoms with van der Waals surface area (Å²) in [4.78, 5) is 26.9. The van der Waals surface area contributed by atoms with Gasteiger partial charge in [0, 0.05) is 19.2 Å². The highest BCUT2D eigenvalue weighted by Crippen LogP contribution is 2.40. The van der Waals surface area contributed by atoms with Crippen molar-refractivity contribution in [2.24, 2.45) is 0 Å². The Hall–Kier alpha value is -3.32. The molecule has 7 nitrogen and oxygen atoms in total. The average molecular weight is 411 g/mol. The number of amides is 1. The number of phenols is 1. The summed E-state index contributed by atoms with van der Waals surface area (Å²) in [5, 5.41) is 20.9. The summed E-state index contributed by atoms with van der Waals surface area (Å²) in [6.07, 6.45) is 0.00122. The van der Waals surface area contributed by atoms with Crippen LogP contribution in [0.5, 0.6) is 11.5 Å². The molecule has 1 aliphatic rings. The van der Waals surface area contributed by atoms with Gasteiger partial charge in [0.15, 0.2) is 0 Å². The van der Waals surface area contributed by atoms with Crippen LogP contribution in [0.25, 0.3) is 5.76 Å². The first-order valence-corrected chi connectivity index (χ1v) is 9.67. The van der Waals surface area contributed by atoms with Crippen LogP contribution in [0.2, 0.25) is 0 Å². The number of benzene rings is 2. The van der Waals surface area contributed by atoms with Gasteiger partial charge in [-0.25, -0.2) is 0 Å². The Labute approximate surface area is 175 Å². The summed E-state index contributed by atoms with van der Waals surface area (Å²) in [5.74, 6) is -1.15. The molecule has 2 N–H and O–H groups in total. The van der Waals surface area contributed by atoms with E-state index in [1.54, 1.807) is 36.4 Å². The number of ether oxygens (including phenoxy) is 2. The number of phenolic OH excluding ortho intramolecular Hbond substituents is 1. The molecule has 1 atom stereocenters. The molecule has 2 aromatic rings. The number of hydrogen-bond donors (Lipinski definition) is 2. The smallest absolute Gasteiger partial charge is 0.295 e. The number of carbonyl (C=O) groups excluding carboxylic acids is 2. The number of rotatable bonds is 7. The van der Waals surface area contributed by atoms with E-state index < -0.39 is 17.7 Å². The summed E-state index contributed by atoms with van der Waals surface area (Å²) in [5.41, 5.74) is 0.881. The fourth-order valence-corrected chi connectivity index (χ4v) is 3.46. The van der Waals surface area contributed by atoms with Gasteiger partial charge >= 0.3 is 0 Å². The van der Waals surface area contributed by atoms with Crippen LogP contribution in [-0.2, 0) is 14.3 Å². The highest BCUT2D eigenvalue weighted by atomic mass is 16.5. The minimum atomic E-state index is -0.834. The fraction of sp³-hybridized carbons (Fsp3) is 0.304. The van der Waals surface area contributed by atoms with Crippen LogP contribution in [0.4, 0.5) is 0 Å².